The fourth-order valence-electron chi connectivity index (χ4n) is 2.92. The molecule has 2 atom stereocenters. The van der Waals surface area contributed by atoms with Gasteiger partial charge in [0.1, 0.15) is 12.0 Å². The number of hydrogen-bond donors (Lipinski definition) is 1. The first kappa shape index (κ1) is 13.6. The number of amides is 1. The third kappa shape index (κ3) is 2.85. The molecule has 2 aliphatic rings. The van der Waals surface area contributed by atoms with E-state index in [1.54, 1.807) is 6.07 Å². The Labute approximate surface area is 119 Å². The Balaban J connectivity index is 1.71. The lowest BCUT2D eigenvalue weighted by Gasteiger charge is -2.24. The van der Waals surface area contributed by atoms with Gasteiger partial charge >= 0.3 is 0 Å². The van der Waals surface area contributed by atoms with E-state index in [1.165, 1.54) is 31.4 Å². The van der Waals surface area contributed by atoms with E-state index in [0.29, 0.717) is 0 Å². The Kier molecular flexibility index (Phi) is 3.74. The maximum atomic E-state index is 13.4. The normalized spacial score (nSPS) is 26.3. The zero-order valence-corrected chi connectivity index (χ0v) is 11.8. The summed E-state index contributed by atoms with van der Waals surface area (Å²) in [6.45, 7) is 2.63. The molecule has 4 heteroatoms. The van der Waals surface area contributed by atoms with Crippen LogP contribution in [-0.4, -0.2) is 23.4 Å². The second-order valence-corrected chi connectivity index (χ2v) is 5.96. The lowest BCUT2D eigenvalue weighted by Crippen LogP contribution is -2.31. The van der Waals surface area contributed by atoms with Crippen molar-refractivity contribution in [2.24, 2.45) is 5.92 Å². The lowest BCUT2D eigenvalue weighted by molar-refractivity contribution is -0.129. The molecule has 20 heavy (non-hydrogen) atoms. The van der Waals surface area contributed by atoms with Crippen LogP contribution in [0.3, 0.4) is 0 Å². The number of hydrogen-bond acceptors (Lipinski definition) is 2. The lowest BCUT2D eigenvalue weighted by atomic mass is 10.1. The van der Waals surface area contributed by atoms with Gasteiger partial charge in [-0.3, -0.25) is 10.1 Å². The van der Waals surface area contributed by atoms with E-state index in [-0.39, 0.29) is 23.9 Å². The van der Waals surface area contributed by atoms with E-state index < -0.39 is 0 Å². The molecular weight excluding hydrogens is 255 g/mol. The van der Waals surface area contributed by atoms with Gasteiger partial charge in [-0.25, -0.2) is 4.39 Å². The summed E-state index contributed by atoms with van der Waals surface area (Å²) in [5.41, 5.74) is 0.828. The maximum absolute atomic E-state index is 13.4. The summed E-state index contributed by atoms with van der Waals surface area (Å²) in [5, 5.41) is 3.26. The smallest absolute Gasteiger partial charge is 0.241 e. The van der Waals surface area contributed by atoms with E-state index in [0.717, 1.165) is 24.4 Å². The van der Waals surface area contributed by atoms with Gasteiger partial charge in [0.2, 0.25) is 5.91 Å². The van der Waals surface area contributed by atoms with Crippen LogP contribution in [0.15, 0.2) is 24.3 Å². The Bertz CT molecular complexity index is 501. The van der Waals surface area contributed by atoms with E-state index in [1.807, 2.05) is 17.9 Å². The number of halogens is 1. The highest BCUT2D eigenvalue weighted by Crippen LogP contribution is 2.34. The zero-order chi connectivity index (χ0) is 14.1. The summed E-state index contributed by atoms with van der Waals surface area (Å²) in [7, 11) is 0. The summed E-state index contributed by atoms with van der Waals surface area (Å²) in [6.07, 6.45) is 4.74. The van der Waals surface area contributed by atoms with Crippen LogP contribution in [0.25, 0.3) is 0 Å². The summed E-state index contributed by atoms with van der Waals surface area (Å²) in [4.78, 5) is 14.1. The van der Waals surface area contributed by atoms with Gasteiger partial charge in [0.05, 0.1) is 6.04 Å². The Hall–Kier alpha value is -1.42. The molecule has 1 saturated heterocycles. The molecule has 1 heterocycles. The number of benzene rings is 1. The molecule has 0 radical (unpaired) electrons. The molecule has 1 aromatic carbocycles. The van der Waals surface area contributed by atoms with Gasteiger partial charge in [0.25, 0.3) is 0 Å². The third-order valence-electron chi connectivity index (χ3n) is 4.25. The fourth-order valence-corrected chi connectivity index (χ4v) is 2.92. The van der Waals surface area contributed by atoms with E-state index in [9.17, 15) is 9.18 Å². The average Bonchev–Trinajstić information content (AvgIpc) is 3.20. The quantitative estimate of drug-likeness (QED) is 0.897. The van der Waals surface area contributed by atoms with Gasteiger partial charge in [-0.2, -0.15) is 0 Å². The van der Waals surface area contributed by atoms with Crippen molar-refractivity contribution in [3.63, 3.8) is 0 Å². The standard InChI is InChI=1S/C16H21FN2O/c1-11-16(20)19(9-3-4-12-7-8-12)15(18-11)13-5-2-6-14(17)10-13/h2,5-6,10-12,15,18H,3-4,7-9H2,1H3. The van der Waals surface area contributed by atoms with Gasteiger partial charge < -0.3 is 4.90 Å². The molecule has 1 amide bonds. The third-order valence-corrected chi connectivity index (χ3v) is 4.25. The molecule has 2 unspecified atom stereocenters. The first-order chi connectivity index (χ1) is 9.65. The minimum Gasteiger partial charge on any atom is -0.322 e. The second-order valence-electron chi connectivity index (χ2n) is 5.96. The SMILES string of the molecule is CC1NC(c2cccc(F)c2)N(CCCC2CC2)C1=O. The van der Waals surface area contributed by atoms with Crippen molar-refractivity contribution >= 4 is 5.91 Å². The molecule has 1 N–H and O–H groups in total. The number of rotatable bonds is 5. The summed E-state index contributed by atoms with van der Waals surface area (Å²) in [5.74, 6) is 0.745. The molecule has 2 fully saturated rings. The molecule has 1 saturated carbocycles. The molecule has 1 aromatic rings. The van der Waals surface area contributed by atoms with Gasteiger partial charge in [-0.05, 0) is 43.4 Å². The summed E-state index contributed by atoms with van der Waals surface area (Å²) >= 11 is 0. The maximum Gasteiger partial charge on any atom is 0.241 e. The molecule has 0 bridgehead atoms. The highest BCUT2D eigenvalue weighted by molar-refractivity contribution is 5.84. The van der Waals surface area contributed by atoms with Gasteiger partial charge in [-0.15, -0.1) is 0 Å². The molecule has 1 aliphatic heterocycles. The van der Waals surface area contributed by atoms with Crippen LogP contribution in [0, 0.1) is 11.7 Å². The summed E-state index contributed by atoms with van der Waals surface area (Å²) < 4.78 is 13.4. The van der Waals surface area contributed by atoms with E-state index in [2.05, 4.69) is 5.32 Å². The van der Waals surface area contributed by atoms with Crippen LogP contribution in [-0.2, 0) is 4.79 Å². The predicted molar refractivity (Wildman–Crippen MR) is 75.4 cm³/mol. The Morgan fingerprint density at radius 1 is 1.40 bits per heavy atom. The van der Waals surface area contributed by atoms with Gasteiger partial charge in [0.15, 0.2) is 0 Å². The number of nitrogens with zero attached hydrogens (tertiary/aromatic N) is 1. The minimum atomic E-state index is -0.255. The highest BCUT2D eigenvalue weighted by Gasteiger charge is 2.37. The van der Waals surface area contributed by atoms with Crippen molar-refractivity contribution in [2.45, 2.75) is 44.8 Å². The molecular formula is C16H21FN2O. The van der Waals surface area contributed by atoms with Crippen molar-refractivity contribution in [2.75, 3.05) is 6.54 Å². The van der Waals surface area contributed by atoms with Gasteiger partial charge in [-0.1, -0.05) is 25.0 Å². The summed E-state index contributed by atoms with van der Waals surface area (Å²) in [6, 6.07) is 6.32. The molecule has 0 spiro atoms. The first-order valence-electron chi connectivity index (χ1n) is 7.47. The second kappa shape index (κ2) is 5.52. The predicted octanol–water partition coefficient (Wildman–Crippen LogP) is 2.83. The number of carbonyl (C=O) groups is 1. The molecule has 1 aliphatic carbocycles. The van der Waals surface area contributed by atoms with Crippen LogP contribution in [0.1, 0.15) is 44.3 Å². The Morgan fingerprint density at radius 3 is 2.90 bits per heavy atom. The van der Waals surface area contributed by atoms with Crippen LogP contribution >= 0.6 is 0 Å². The van der Waals surface area contributed by atoms with Crippen molar-refractivity contribution < 1.29 is 9.18 Å². The van der Waals surface area contributed by atoms with E-state index in [4.69, 9.17) is 0 Å². The zero-order valence-electron chi connectivity index (χ0n) is 11.8. The van der Waals surface area contributed by atoms with Crippen LogP contribution in [0.2, 0.25) is 0 Å². The average molecular weight is 276 g/mol. The number of nitrogens with one attached hydrogen (secondary N) is 1. The largest absolute Gasteiger partial charge is 0.322 e. The highest BCUT2D eigenvalue weighted by atomic mass is 19.1. The minimum absolute atomic E-state index is 0.120. The molecule has 3 rings (SSSR count). The van der Waals surface area contributed by atoms with Crippen molar-refractivity contribution in [3.8, 4) is 0 Å². The van der Waals surface area contributed by atoms with Crippen LogP contribution in [0.5, 0.6) is 0 Å². The van der Waals surface area contributed by atoms with Crippen molar-refractivity contribution in [1.29, 1.82) is 0 Å². The fraction of sp³-hybridized carbons (Fsp3) is 0.562. The van der Waals surface area contributed by atoms with E-state index >= 15 is 0 Å². The first-order valence-corrected chi connectivity index (χ1v) is 7.47. The molecule has 108 valence electrons. The van der Waals surface area contributed by atoms with Crippen molar-refractivity contribution in [1.82, 2.24) is 10.2 Å². The Morgan fingerprint density at radius 2 is 2.20 bits per heavy atom. The molecule has 0 aromatic heterocycles. The van der Waals surface area contributed by atoms with Gasteiger partial charge in [0, 0.05) is 6.54 Å². The van der Waals surface area contributed by atoms with Crippen LogP contribution < -0.4 is 5.32 Å². The number of carbonyl (C=O) groups excluding carboxylic acids is 1. The monoisotopic (exact) mass is 276 g/mol. The van der Waals surface area contributed by atoms with Crippen LogP contribution in [0.4, 0.5) is 4.39 Å². The topological polar surface area (TPSA) is 32.3 Å². The molecule has 3 nitrogen and oxygen atoms in total. The van der Waals surface area contributed by atoms with Crippen molar-refractivity contribution in [3.05, 3.63) is 35.6 Å².